The number of aliphatic hydroxyl groups is 1. The molecule has 4 heteroatoms. The zero-order valence-electron chi connectivity index (χ0n) is 13.3. The maximum atomic E-state index is 12.6. The van der Waals surface area contributed by atoms with E-state index in [0.717, 1.165) is 30.8 Å². The molecule has 3 rings (SSSR count). The number of Topliss-reactive ketones (excluding diaryl/α,β-unsaturated/α-hetero) is 1. The zero-order chi connectivity index (χ0) is 15.1. The lowest BCUT2D eigenvalue weighted by Gasteiger charge is -2.16. The molecule has 2 heterocycles. The number of ketones is 1. The molecule has 2 atom stereocenters. The van der Waals surface area contributed by atoms with E-state index in [1.165, 1.54) is 18.5 Å². The van der Waals surface area contributed by atoms with Crippen molar-refractivity contribution < 1.29 is 9.90 Å². The molecule has 21 heavy (non-hydrogen) atoms. The van der Waals surface area contributed by atoms with Crippen molar-refractivity contribution in [2.45, 2.75) is 52.2 Å². The van der Waals surface area contributed by atoms with E-state index < -0.39 is 0 Å². The average molecular weight is 290 g/mol. The molecule has 1 saturated carbocycles. The van der Waals surface area contributed by atoms with E-state index in [9.17, 15) is 9.90 Å². The standard InChI is InChI=1S/C17H26N2O2/c1-11-8-16(12(2)19(11)15-4-5-15)17(21)10-18-7-6-14(9-18)13(3)20/h8,13-15,20H,4-7,9-10H2,1-3H3. The van der Waals surface area contributed by atoms with Gasteiger partial charge in [-0.2, -0.15) is 0 Å². The highest BCUT2D eigenvalue weighted by Gasteiger charge is 2.30. The van der Waals surface area contributed by atoms with Crippen molar-refractivity contribution >= 4 is 5.78 Å². The van der Waals surface area contributed by atoms with Crippen molar-refractivity contribution in [3.8, 4) is 0 Å². The van der Waals surface area contributed by atoms with E-state index in [2.05, 4.69) is 29.4 Å². The van der Waals surface area contributed by atoms with Crippen LogP contribution in [0.25, 0.3) is 0 Å². The van der Waals surface area contributed by atoms with Gasteiger partial charge in [0.25, 0.3) is 0 Å². The number of aliphatic hydroxyl groups excluding tert-OH is 1. The van der Waals surface area contributed by atoms with Crippen LogP contribution in [0.3, 0.4) is 0 Å². The largest absolute Gasteiger partial charge is 0.393 e. The fraction of sp³-hybridized carbons (Fsp3) is 0.706. The van der Waals surface area contributed by atoms with Crippen LogP contribution in [0.4, 0.5) is 0 Å². The van der Waals surface area contributed by atoms with Gasteiger partial charge in [0.1, 0.15) is 0 Å². The molecule has 1 aromatic heterocycles. The maximum absolute atomic E-state index is 12.6. The van der Waals surface area contributed by atoms with Crippen molar-refractivity contribution in [2.24, 2.45) is 5.92 Å². The summed E-state index contributed by atoms with van der Waals surface area (Å²) in [5, 5.41) is 9.66. The predicted octanol–water partition coefficient (Wildman–Crippen LogP) is 2.33. The van der Waals surface area contributed by atoms with Gasteiger partial charge in [0.05, 0.1) is 12.6 Å². The summed E-state index contributed by atoms with van der Waals surface area (Å²) in [6.45, 7) is 8.26. The van der Waals surface area contributed by atoms with E-state index >= 15 is 0 Å². The van der Waals surface area contributed by atoms with Crippen molar-refractivity contribution in [3.63, 3.8) is 0 Å². The Balaban J connectivity index is 1.68. The first-order valence-corrected chi connectivity index (χ1v) is 8.09. The fourth-order valence-electron chi connectivity index (χ4n) is 3.64. The predicted molar refractivity (Wildman–Crippen MR) is 82.7 cm³/mol. The van der Waals surface area contributed by atoms with Crippen LogP contribution in [0.2, 0.25) is 0 Å². The molecule has 2 fully saturated rings. The maximum Gasteiger partial charge on any atom is 0.178 e. The molecule has 116 valence electrons. The van der Waals surface area contributed by atoms with Gasteiger partial charge in [0.2, 0.25) is 0 Å². The molecular weight excluding hydrogens is 264 g/mol. The number of likely N-dealkylation sites (tertiary alicyclic amines) is 1. The molecule has 0 aromatic carbocycles. The Kier molecular flexibility index (Phi) is 3.93. The van der Waals surface area contributed by atoms with Gasteiger partial charge in [-0.25, -0.2) is 0 Å². The van der Waals surface area contributed by atoms with E-state index in [1.54, 1.807) is 0 Å². The summed E-state index contributed by atoms with van der Waals surface area (Å²) in [5.41, 5.74) is 3.23. The number of hydrogen-bond donors (Lipinski definition) is 1. The Labute approximate surface area is 126 Å². The first kappa shape index (κ1) is 14.8. The third-order valence-electron chi connectivity index (χ3n) is 5.06. The summed E-state index contributed by atoms with van der Waals surface area (Å²) in [6, 6.07) is 2.68. The SMILES string of the molecule is Cc1cc(C(=O)CN2CCC(C(C)O)C2)c(C)n1C1CC1. The Morgan fingerprint density at radius 1 is 1.38 bits per heavy atom. The second kappa shape index (κ2) is 5.58. The average Bonchev–Trinajstić information content (AvgIpc) is 3.05. The van der Waals surface area contributed by atoms with Gasteiger partial charge in [-0.3, -0.25) is 9.69 Å². The van der Waals surface area contributed by atoms with Gasteiger partial charge in [0.15, 0.2) is 5.78 Å². The summed E-state index contributed by atoms with van der Waals surface area (Å²) in [7, 11) is 0. The second-order valence-electron chi connectivity index (χ2n) is 6.83. The van der Waals surface area contributed by atoms with Crippen molar-refractivity contribution in [2.75, 3.05) is 19.6 Å². The second-order valence-corrected chi connectivity index (χ2v) is 6.83. The van der Waals surface area contributed by atoms with Crippen LogP contribution in [0.1, 0.15) is 54.0 Å². The van der Waals surface area contributed by atoms with Gasteiger partial charge in [-0.15, -0.1) is 0 Å². The number of aryl methyl sites for hydroxylation is 1. The van der Waals surface area contributed by atoms with Crippen LogP contribution < -0.4 is 0 Å². The van der Waals surface area contributed by atoms with E-state index in [-0.39, 0.29) is 11.9 Å². The van der Waals surface area contributed by atoms with E-state index in [1.807, 2.05) is 6.92 Å². The van der Waals surface area contributed by atoms with Crippen molar-refractivity contribution in [3.05, 3.63) is 23.0 Å². The molecule has 2 aliphatic rings. The van der Waals surface area contributed by atoms with Crippen LogP contribution in [0, 0.1) is 19.8 Å². The lowest BCUT2D eigenvalue weighted by atomic mass is 10.0. The highest BCUT2D eigenvalue weighted by atomic mass is 16.3. The number of carbonyl (C=O) groups is 1. The Bertz CT molecular complexity index is 543. The number of aromatic nitrogens is 1. The van der Waals surface area contributed by atoms with E-state index in [0.29, 0.717) is 18.5 Å². The lowest BCUT2D eigenvalue weighted by molar-refractivity contribution is 0.0925. The molecule has 1 aliphatic heterocycles. The normalized spacial score (nSPS) is 24.5. The van der Waals surface area contributed by atoms with Gasteiger partial charge < -0.3 is 9.67 Å². The van der Waals surface area contributed by atoms with E-state index in [4.69, 9.17) is 0 Å². The summed E-state index contributed by atoms with van der Waals surface area (Å²) >= 11 is 0. The van der Waals surface area contributed by atoms with Crippen LogP contribution in [0.5, 0.6) is 0 Å². The molecule has 2 unspecified atom stereocenters. The Morgan fingerprint density at radius 2 is 2.10 bits per heavy atom. The highest BCUT2D eigenvalue weighted by Crippen LogP contribution is 2.38. The number of nitrogens with zero attached hydrogens (tertiary/aromatic N) is 2. The van der Waals surface area contributed by atoms with Crippen LogP contribution >= 0.6 is 0 Å². The van der Waals surface area contributed by atoms with Crippen molar-refractivity contribution in [1.29, 1.82) is 0 Å². The highest BCUT2D eigenvalue weighted by molar-refractivity contribution is 5.99. The number of hydrogen-bond acceptors (Lipinski definition) is 3. The molecule has 1 saturated heterocycles. The third-order valence-corrected chi connectivity index (χ3v) is 5.06. The topological polar surface area (TPSA) is 45.5 Å². The summed E-state index contributed by atoms with van der Waals surface area (Å²) < 4.78 is 2.33. The Morgan fingerprint density at radius 3 is 2.67 bits per heavy atom. The summed E-state index contributed by atoms with van der Waals surface area (Å²) in [5.74, 6) is 0.540. The summed E-state index contributed by atoms with van der Waals surface area (Å²) in [4.78, 5) is 14.8. The molecule has 0 spiro atoms. The quantitative estimate of drug-likeness (QED) is 0.847. The minimum Gasteiger partial charge on any atom is -0.393 e. The minimum atomic E-state index is -0.273. The first-order valence-electron chi connectivity index (χ1n) is 8.09. The van der Waals surface area contributed by atoms with Gasteiger partial charge >= 0.3 is 0 Å². The summed E-state index contributed by atoms with van der Waals surface area (Å²) in [6.07, 6.45) is 3.20. The molecule has 1 aromatic rings. The van der Waals surface area contributed by atoms with Gasteiger partial charge in [-0.1, -0.05) is 0 Å². The number of rotatable bonds is 5. The van der Waals surface area contributed by atoms with Crippen LogP contribution in [-0.2, 0) is 0 Å². The molecule has 4 nitrogen and oxygen atoms in total. The molecule has 1 aliphatic carbocycles. The number of carbonyl (C=O) groups excluding carboxylic acids is 1. The molecule has 0 radical (unpaired) electrons. The van der Waals surface area contributed by atoms with Crippen LogP contribution in [-0.4, -0.2) is 46.1 Å². The molecule has 1 N–H and O–H groups in total. The lowest BCUT2D eigenvalue weighted by Crippen LogP contribution is -2.29. The van der Waals surface area contributed by atoms with Crippen LogP contribution in [0.15, 0.2) is 6.07 Å². The molecule has 0 amide bonds. The van der Waals surface area contributed by atoms with Crippen molar-refractivity contribution in [1.82, 2.24) is 9.47 Å². The minimum absolute atomic E-state index is 0.223. The molecular formula is C17H26N2O2. The van der Waals surface area contributed by atoms with Gasteiger partial charge in [-0.05, 0) is 58.6 Å². The zero-order valence-corrected chi connectivity index (χ0v) is 13.3. The smallest absolute Gasteiger partial charge is 0.178 e. The third kappa shape index (κ3) is 2.92. The fourth-order valence-corrected chi connectivity index (χ4v) is 3.64. The van der Waals surface area contributed by atoms with Gasteiger partial charge in [0, 0.05) is 29.5 Å². The Hall–Kier alpha value is -1.13. The first-order chi connectivity index (χ1) is 9.97. The monoisotopic (exact) mass is 290 g/mol. The molecule has 0 bridgehead atoms.